The van der Waals surface area contributed by atoms with Gasteiger partial charge in [0.25, 0.3) is 0 Å². The molecule has 0 radical (unpaired) electrons. The lowest BCUT2D eigenvalue weighted by molar-refractivity contribution is -0.136. The van der Waals surface area contributed by atoms with Crippen molar-refractivity contribution < 1.29 is 27.9 Å². The minimum atomic E-state index is -4.53. The molecule has 1 unspecified atom stereocenters. The first-order valence-corrected chi connectivity index (χ1v) is 10.6. The molecule has 2 heterocycles. The summed E-state index contributed by atoms with van der Waals surface area (Å²) in [5, 5.41) is 9.91. The van der Waals surface area contributed by atoms with Gasteiger partial charge in [-0.05, 0) is 48.6 Å². The molecule has 0 aliphatic carbocycles. The van der Waals surface area contributed by atoms with Crippen LogP contribution in [0, 0.1) is 5.92 Å². The molecule has 1 fully saturated rings. The van der Waals surface area contributed by atoms with Crippen molar-refractivity contribution in [2.24, 2.45) is 5.92 Å². The van der Waals surface area contributed by atoms with Crippen molar-refractivity contribution in [2.75, 3.05) is 13.1 Å². The molecular formula is C21H26F3NO3S. The monoisotopic (exact) mass is 429 g/mol. The number of carboxylic acids is 1. The molecular weight excluding hydrogens is 403 g/mol. The van der Waals surface area contributed by atoms with Gasteiger partial charge in [0.05, 0.1) is 5.56 Å². The van der Waals surface area contributed by atoms with E-state index in [1.807, 2.05) is 13.8 Å². The van der Waals surface area contributed by atoms with E-state index in [0.29, 0.717) is 41.8 Å². The number of rotatable bonds is 3. The standard InChI is InChI=1S/C19H20F3NO3S.C2H6/c1-11(24)23-8-3-4-12(7-9-23)10-14-13-5-2-6-15(19(20,21)22)16(13)27-17(14)18(25)26;1-2/h2,5-6,12H,3-4,7-10H2,1H3,(H,25,26);1-2H3. The van der Waals surface area contributed by atoms with E-state index in [4.69, 9.17) is 0 Å². The molecule has 1 N–H and O–H groups in total. The quantitative estimate of drug-likeness (QED) is 0.667. The first-order chi connectivity index (χ1) is 13.7. The van der Waals surface area contributed by atoms with Crippen molar-refractivity contribution in [3.05, 3.63) is 34.2 Å². The third-order valence-electron chi connectivity index (χ3n) is 5.10. The van der Waals surface area contributed by atoms with Gasteiger partial charge in [0.1, 0.15) is 4.88 Å². The summed E-state index contributed by atoms with van der Waals surface area (Å²) in [6.07, 6.45) is -1.77. The van der Waals surface area contributed by atoms with Gasteiger partial charge in [-0.25, -0.2) is 4.79 Å². The van der Waals surface area contributed by atoms with Crippen molar-refractivity contribution in [1.29, 1.82) is 0 Å². The molecule has 1 saturated heterocycles. The topological polar surface area (TPSA) is 57.6 Å². The maximum absolute atomic E-state index is 13.3. The van der Waals surface area contributed by atoms with Crippen LogP contribution in [0.2, 0.25) is 0 Å². The lowest BCUT2D eigenvalue weighted by atomic mass is 9.91. The highest BCUT2D eigenvalue weighted by Crippen LogP contribution is 2.42. The van der Waals surface area contributed by atoms with E-state index in [2.05, 4.69) is 0 Å². The average Bonchev–Trinajstić information content (AvgIpc) is 2.86. The highest BCUT2D eigenvalue weighted by atomic mass is 32.1. The highest BCUT2D eigenvalue weighted by molar-refractivity contribution is 7.21. The van der Waals surface area contributed by atoms with Crippen LogP contribution in [0.15, 0.2) is 18.2 Å². The Morgan fingerprint density at radius 2 is 1.90 bits per heavy atom. The Hall–Kier alpha value is -2.09. The summed E-state index contributed by atoms with van der Waals surface area (Å²) in [7, 11) is 0. The molecule has 1 atom stereocenters. The molecule has 0 saturated carbocycles. The van der Waals surface area contributed by atoms with Crippen molar-refractivity contribution in [1.82, 2.24) is 4.90 Å². The van der Waals surface area contributed by atoms with Crippen LogP contribution in [0.4, 0.5) is 13.2 Å². The van der Waals surface area contributed by atoms with E-state index >= 15 is 0 Å². The lowest BCUT2D eigenvalue weighted by Gasteiger charge is -2.18. The Kier molecular flexibility index (Phi) is 7.68. The molecule has 1 aliphatic heterocycles. The molecule has 1 aliphatic rings. The van der Waals surface area contributed by atoms with Crippen LogP contribution >= 0.6 is 11.3 Å². The number of halogens is 3. The first-order valence-electron chi connectivity index (χ1n) is 9.79. The van der Waals surface area contributed by atoms with Crippen LogP contribution in [0.1, 0.15) is 60.8 Å². The zero-order chi connectivity index (χ0) is 21.8. The summed E-state index contributed by atoms with van der Waals surface area (Å²) < 4.78 is 39.9. The van der Waals surface area contributed by atoms with Gasteiger partial charge in [-0.15, -0.1) is 11.3 Å². The normalized spacial score (nSPS) is 17.4. The van der Waals surface area contributed by atoms with Crippen molar-refractivity contribution in [3.63, 3.8) is 0 Å². The van der Waals surface area contributed by atoms with Gasteiger partial charge in [-0.2, -0.15) is 13.2 Å². The van der Waals surface area contributed by atoms with Crippen LogP contribution in [-0.4, -0.2) is 35.0 Å². The van der Waals surface area contributed by atoms with Gasteiger partial charge >= 0.3 is 12.1 Å². The molecule has 3 rings (SSSR count). The van der Waals surface area contributed by atoms with Crippen LogP contribution in [0.3, 0.4) is 0 Å². The van der Waals surface area contributed by atoms with Gasteiger partial charge < -0.3 is 10.0 Å². The van der Waals surface area contributed by atoms with Crippen molar-refractivity contribution >= 4 is 33.3 Å². The number of alkyl halides is 3. The third-order valence-corrected chi connectivity index (χ3v) is 6.37. The minimum absolute atomic E-state index is 0.0117. The fraction of sp³-hybridized carbons (Fsp3) is 0.524. The second-order valence-corrected chi connectivity index (χ2v) is 7.92. The lowest BCUT2D eigenvalue weighted by Crippen LogP contribution is -2.29. The molecule has 29 heavy (non-hydrogen) atoms. The van der Waals surface area contributed by atoms with Crippen LogP contribution in [0.25, 0.3) is 10.1 Å². The number of fused-ring (bicyclic) bond motifs is 1. The second-order valence-electron chi connectivity index (χ2n) is 6.90. The Bertz CT molecular complexity index is 876. The molecule has 0 spiro atoms. The summed E-state index contributed by atoms with van der Waals surface area (Å²) >= 11 is 0.701. The Morgan fingerprint density at radius 3 is 2.48 bits per heavy atom. The summed E-state index contributed by atoms with van der Waals surface area (Å²) in [4.78, 5) is 25.0. The third kappa shape index (κ3) is 5.29. The zero-order valence-electron chi connectivity index (χ0n) is 16.8. The number of carbonyl (C=O) groups is 2. The first kappa shape index (κ1) is 23.2. The number of nitrogens with zero attached hydrogens (tertiary/aromatic N) is 1. The molecule has 8 heteroatoms. The number of amides is 1. The maximum atomic E-state index is 13.3. The molecule has 2 aromatic rings. The molecule has 1 aromatic carbocycles. The van der Waals surface area contributed by atoms with Crippen LogP contribution in [-0.2, 0) is 17.4 Å². The number of carbonyl (C=O) groups excluding carboxylic acids is 1. The molecule has 1 aromatic heterocycles. The Labute approximate surface area is 172 Å². The molecule has 1 amide bonds. The largest absolute Gasteiger partial charge is 0.477 e. The average molecular weight is 430 g/mol. The van der Waals surface area contributed by atoms with Gasteiger partial charge in [-0.1, -0.05) is 26.0 Å². The Balaban J connectivity index is 0.00000145. The predicted molar refractivity (Wildman–Crippen MR) is 108 cm³/mol. The van der Waals surface area contributed by atoms with Gasteiger partial charge in [0.15, 0.2) is 0 Å². The number of aromatic carboxylic acids is 1. The summed E-state index contributed by atoms with van der Waals surface area (Å²) in [5.74, 6) is -1.05. The van der Waals surface area contributed by atoms with E-state index < -0.39 is 17.7 Å². The zero-order valence-corrected chi connectivity index (χ0v) is 17.6. The second kappa shape index (κ2) is 9.61. The minimum Gasteiger partial charge on any atom is -0.477 e. The van der Waals surface area contributed by atoms with Crippen LogP contribution < -0.4 is 0 Å². The number of thiophene rings is 1. The van der Waals surface area contributed by atoms with E-state index in [9.17, 15) is 27.9 Å². The van der Waals surface area contributed by atoms with E-state index in [-0.39, 0.29) is 21.4 Å². The molecule has 4 nitrogen and oxygen atoms in total. The Morgan fingerprint density at radius 1 is 1.21 bits per heavy atom. The summed E-state index contributed by atoms with van der Waals surface area (Å²) in [5.41, 5.74) is -0.308. The van der Waals surface area contributed by atoms with Crippen molar-refractivity contribution in [2.45, 2.75) is 52.6 Å². The number of hydrogen-bond donors (Lipinski definition) is 1. The number of likely N-dealkylation sites (tertiary alicyclic amines) is 1. The van der Waals surface area contributed by atoms with Gasteiger partial charge in [0.2, 0.25) is 5.91 Å². The predicted octanol–water partition coefficient (Wildman–Crippen LogP) is 5.84. The number of benzene rings is 1. The van der Waals surface area contributed by atoms with Gasteiger partial charge in [0, 0.05) is 24.7 Å². The summed E-state index contributed by atoms with van der Waals surface area (Å²) in [6.45, 7) is 6.78. The summed E-state index contributed by atoms with van der Waals surface area (Å²) in [6, 6.07) is 3.89. The van der Waals surface area contributed by atoms with E-state index in [1.165, 1.54) is 13.0 Å². The number of carboxylic acid groups (broad SMARTS) is 1. The highest BCUT2D eigenvalue weighted by Gasteiger charge is 2.35. The van der Waals surface area contributed by atoms with Crippen molar-refractivity contribution in [3.8, 4) is 0 Å². The fourth-order valence-corrected chi connectivity index (χ4v) is 4.95. The van der Waals surface area contributed by atoms with Gasteiger partial charge in [-0.3, -0.25) is 4.79 Å². The van der Waals surface area contributed by atoms with Crippen LogP contribution in [0.5, 0.6) is 0 Å². The molecule has 160 valence electrons. The number of hydrogen-bond acceptors (Lipinski definition) is 3. The maximum Gasteiger partial charge on any atom is 0.417 e. The molecule has 0 bridgehead atoms. The van der Waals surface area contributed by atoms with E-state index in [0.717, 1.165) is 25.3 Å². The smallest absolute Gasteiger partial charge is 0.417 e. The van der Waals surface area contributed by atoms with E-state index in [1.54, 1.807) is 11.0 Å². The fourth-order valence-electron chi connectivity index (χ4n) is 3.74. The SMILES string of the molecule is CC.CC(=O)N1CCCC(Cc2c(C(=O)O)sc3c(C(F)(F)F)cccc23)CC1.